The molecule has 0 saturated carbocycles. The van der Waals surface area contributed by atoms with Gasteiger partial charge >= 0.3 is 0 Å². The van der Waals surface area contributed by atoms with Crippen molar-refractivity contribution in [3.05, 3.63) is 34.1 Å². The molecule has 20 heavy (non-hydrogen) atoms. The van der Waals surface area contributed by atoms with Crippen molar-refractivity contribution in [1.82, 2.24) is 15.5 Å². The maximum absolute atomic E-state index is 11.9. The number of carbonyl (C=O) groups excluding carboxylic acids is 1. The highest BCUT2D eigenvalue weighted by atomic mass is 32.1. The standard InChI is InChI=1S/C14H19N3O2S/c1-9(2)14-16-13(19-17-14)7-6-12(18)15-10(3)11-5-4-8-20-11/h4-5,8-10H,6-7H2,1-3H3,(H,15,18). The number of nitrogens with zero attached hydrogens (tertiary/aromatic N) is 2. The minimum absolute atomic E-state index is 0.00445. The van der Waals surface area contributed by atoms with E-state index in [9.17, 15) is 4.79 Å². The lowest BCUT2D eigenvalue weighted by molar-refractivity contribution is -0.121. The molecule has 6 heteroatoms. The van der Waals surface area contributed by atoms with Crippen LogP contribution in [0.5, 0.6) is 0 Å². The molecule has 0 radical (unpaired) electrons. The van der Waals surface area contributed by atoms with Crippen LogP contribution in [0.15, 0.2) is 22.0 Å². The second-order valence-electron chi connectivity index (χ2n) is 5.01. The minimum atomic E-state index is -0.00445. The largest absolute Gasteiger partial charge is 0.349 e. The average molecular weight is 293 g/mol. The Morgan fingerprint density at radius 2 is 2.25 bits per heavy atom. The van der Waals surface area contributed by atoms with Crippen LogP contribution < -0.4 is 5.32 Å². The molecule has 0 aliphatic carbocycles. The highest BCUT2D eigenvalue weighted by Gasteiger charge is 2.13. The summed E-state index contributed by atoms with van der Waals surface area (Å²) in [4.78, 5) is 17.3. The molecule has 0 aliphatic heterocycles. The van der Waals surface area contributed by atoms with Crippen molar-refractivity contribution in [1.29, 1.82) is 0 Å². The van der Waals surface area contributed by atoms with Crippen molar-refractivity contribution >= 4 is 17.2 Å². The molecule has 108 valence electrons. The molecule has 0 fully saturated rings. The third-order valence-corrected chi connectivity index (χ3v) is 3.97. The van der Waals surface area contributed by atoms with Gasteiger partial charge in [0.2, 0.25) is 11.8 Å². The Labute approximate surface area is 122 Å². The van der Waals surface area contributed by atoms with Gasteiger partial charge in [0.1, 0.15) is 0 Å². The molecule has 1 amide bonds. The molecule has 1 N–H and O–H groups in total. The van der Waals surface area contributed by atoms with E-state index >= 15 is 0 Å². The van der Waals surface area contributed by atoms with Crippen molar-refractivity contribution in [3.8, 4) is 0 Å². The van der Waals surface area contributed by atoms with Gasteiger partial charge in [-0.05, 0) is 18.4 Å². The predicted octanol–water partition coefficient (Wildman–Crippen LogP) is 3.06. The molecule has 2 heterocycles. The normalized spacial score (nSPS) is 12.6. The van der Waals surface area contributed by atoms with Crippen LogP contribution in [0, 0.1) is 0 Å². The van der Waals surface area contributed by atoms with E-state index in [4.69, 9.17) is 4.52 Å². The van der Waals surface area contributed by atoms with Crippen LogP contribution in [0.25, 0.3) is 0 Å². The SMILES string of the molecule is CC(C)c1noc(CCC(=O)NC(C)c2cccs2)n1. The third kappa shape index (κ3) is 3.90. The van der Waals surface area contributed by atoms with Crippen LogP contribution >= 0.6 is 11.3 Å². The molecule has 1 atom stereocenters. The Balaban J connectivity index is 1.80. The highest BCUT2D eigenvalue weighted by Crippen LogP contribution is 2.18. The summed E-state index contributed by atoms with van der Waals surface area (Å²) in [6, 6.07) is 4.04. The molecule has 2 aromatic heterocycles. The fourth-order valence-electron chi connectivity index (χ4n) is 1.75. The van der Waals surface area contributed by atoms with E-state index in [1.54, 1.807) is 11.3 Å². The molecular formula is C14H19N3O2S. The first-order valence-electron chi connectivity index (χ1n) is 6.71. The quantitative estimate of drug-likeness (QED) is 0.888. The summed E-state index contributed by atoms with van der Waals surface area (Å²) >= 11 is 1.64. The van der Waals surface area contributed by atoms with E-state index in [1.807, 2.05) is 38.3 Å². The Kier molecular flexibility index (Phi) is 4.89. The zero-order valence-corrected chi connectivity index (χ0v) is 12.7. The second kappa shape index (κ2) is 6.65. The zero-order valence-electron chi connectivity index (χ0n) is 11.9. The second-order valence-corrected chi connectivity index (χ2v) is 5.98. The highest BCUT2D eigenvalue weighted by molar-refractivity contribution is 7.10. The number of aryl methyl sites for hydroxylation is 1. The summed E-state index contributed by atoms with van der Waals surface area (Å²) in [6.45, 7) is 5.99. The Morgan fingerprint density at radius 3 is 2.85 bits per heavy atom. The summed E-state index contributed by atoms with van der Waals surface area (Å²) in [5.41, 5.74) is 0. The molecular weight excluding hydrogens is 274 g/mol. The zero-order chi connectivity index (χ0) is 14.5. The summed E-state index contributed by atoms with van der Waals surface area (Å²) in [5.74, 6) is 1.44. The first-order chi connectivity index (χ1) is 9.56. The molecule has 0 spiro atoms. The van der Waals surface area contributed by atoms with Gasteiger partial charge in [0.25, 0.3) is 0 Å². The predicted molar refractivity (Wildman–Crippen MR) is 77.6 cm³/mol. The molecule has 0 aliphatic rings. The van der Waals surface area contributed by atoms with Gasteiger partial charge in [-0.15, -0.1) is 11.3 Å². The van der Waals surface area contributed by atoms with Crippen molar-refractivity contribution in [3.63, 3.8) is 0 Å². The van der Waals surface area contributed by atoms with Gasteiger partial charge < -0.3 is 9.84 Å². The Morgan fingerprint density at radius 1 is 1.45 bits per heavy atom. The smallest absolute Gasteiger partial charge is 0.227 e. The first kappa shape index (κ1) is 14.7. The van der Waals surface area contributed by atoms with E-state index in [2.05, 4.69) is 15.5 Å². The average Bonchev–Trinajstić information content (AvgIpc) is 3.07. The summed E-state index contributed by atoms with van der Waals surface area (Å²) in [6.07, 6.45) is 0.832. The fraction of sp³-hybridized carbons (Fsp3) is 0.500. The van der Waals surface area contributed by atoms with Crippen LogP contribution in [0.2, 0.25) is 0 Å². The number of rotatable bonds is 6. The van der Waals surface area contributed by atoms with Gasteiger partial charge in [-0.3, -0.25) is 4.79 Å². The van der Waals surface area contributed by atoms with Gasteiger partial charge in [0.15, 0.2) is 5.82 Å². The third-order valence-electron chi connectivity index (χ3n) is 2.91. The van der Waals surface area contributed by atoms with Crippen molar-refractivity contribution in [2.24, 2.45) is 0 Å². The van der Waals surface area contributed by atoms with Crippen LogP contribution in [-0.2, 0) is 11.2 Å². The van der Waals surface area contributed by atoms with Gasteiger partial charge in [-0.25, -0.2) is 0 Å². The number of hydrogen-bond donors (Lipinski definition) is 1. The lowest BCUT2D eigenvalue weighted by atomic mass is 10.2. The monoisotopic (exact) mass is 293 g/mol. The van der Waals surface area contributed by atoms with Crippen LogP contribution in [0.1, 0.15) is 55.7 Å². The summed E-state index contributed by atoms with van der Waals surface area (Å²) < 4.78 is 5.11. The molecule has 2 aromatic rings. The van der Waals surface area contributed by atoms with Gasteiger partial charge in [-0.2, -0.15) is 4.98 Å². The summed E-state index contributed by atoms with van der Waals surface area (Å²) in [5, 5.41) is 8.85. The maximum atomic E-state index is 11.9. The van der Waals surface area contributed by atoms with Crippen LogP contribution in [-0.4, -0.2) is 16.0 Å². The van der Waals surface area contributed by atoms with E-state index in [0.717, 1.165) is 4.88 Å². The lowest BCUT2D eigenvalue weighted by Crippen LogP contribution is -2.26. The Hall–Kier alpha value is -1.69. The number of nitrogens with one attached hydrogen (secondary N) is 1. The van der Waals surface area contributed by atoms with E-state index in [0.29, 0.717) is 24.6 Å². The number of carbonyl (C=O) groups is 1. The molecule has 0 saturated heterocycles. The number of aromatic nitrogens is 2. The van der Waals surface area contributed by atoms with Gasteiger partial charge in [0.05, 0.1) is 6.04 Å². The number of thiophene rings is 1. The maximum Gasteiger partial charge on any atom is 0.227 e. The molecule has 2 rings (SSSR count). The number of hydrogen-bond acceptors (Lipinski definition) is 5. The fourth-order valence-corrected chi connectivity index (χ4v) is 2.48. The van der Waals surface area contributed by atoms with Gasteiger partial charge in [-0.1, -0.05) is 25.1 Å². The van der Waals surface area contributed by atoms with Crippen LogP contribution in [0.4, 0.5) is 0 Å². The van der Waals surface area contributed by atoms with E-state index < -0.39 is 0 Å². The molecule has 0 aromatic carbocycles. The minimum Gasteiger partial charge on any atom is -0.349 e. The van der Waals surface area contributed by atoms with Crippen molar-refractivity contribution in [2.45, 2.75) is 45.6 Å². The molecule has 0 bridgehead atoms. The van der Waals surface area contributed by atoms with Crippen molar-refractivity contribution < 1.29 is 9.32 Å². The van der Waals surface area contributed by atoms with Gasteiger partial charge in [0, 0.05) is 23.6 Å². The molecule has 5 nitrogen and oxygen atoms in total. The van der Waals surface area contributed by atoms with Crippen molar-refractivity contribution in [2.75, 3.05) is 0 Å². The molecule has 1 unspecified atom stereocenters. The Bertz CT molecular complexity index is 549. The lowest BCUT2D eigenvalue weighted by Gasteiger charge is -2.11. The topological polar surface area (TPSA) is 68.0 Å². The van der Waals surface area contributed by atoms with E-state index in [1.165, 1.54) is 0 Å². The van der Waals surface area contributed by atoms with E-state index in [-0.39, 0.29) is 17.9 Å². The summed E-state index contributed by atoms with van der Waals surface area (Å²) in [7, 11) is 0. The first-order valence-corrected chi connectivity index (χ1v) is 7.59. The van der Waals surface area contributed by atoms with Crippen LogP contribution in [0.3, 0.4) is 0 Å². The number of amides is 1.